The van der Waals surface area contributed by atoms with Gasteiger partial charge in [-0.05, 0) is 25.1 Å². The lowest BCUT2D eigenvalue weighted by Gasteiger charge is -2.15. The molecule has 122 valence electrons. The second-order valence-electron chi connectivity index (χ2n) is 4.36. The van der Waals surface area contributed by atoms with E-state index in [1.807, 2.05) is 0 Å². The molecule has 0 amide bonds. The number of benzene rings is 2. The number of ether oxygens (including phenoxy) is 1. The zero-order valence-electron chi connectivity index (χ0n) is 11.5. The Labute approximate surface area is 157 Å². The van der Waals surface area contributed by atoms with Crippen molar-refractivity contribution in [2.45, 2.75) is 6.92 Å². The molecule has 0 radical (unpaired) electrons. The average molecular weight is 416 g/mol. The molecule has 2 rings (SSSR count). The maximum Gasteiger partial charge on any atom is 0.338 e. The number of esters is 1. The Morgan fingerprint density at radius 3 is 2.04 bits per heavy atom. The number of halogens is 6. The predicted octanol–water partition coefficient (Wildman–Crippen LogP) is 6.94. The molecule has 0 aliphatic rings. The predicted molar refractivity (Wildman–Crippen MR) is 92.8 cm³/mol. The lowest BCUT2D eigenvalue weighted by Crippen LogP contribution is -2.07. The van der Waals surface area contributed by atoms with Crippen LogP contribution in [-0.2, 0) is 4.74 Å². The Balaban J connectivity index is 2.82. The Bertz CT molecular complexity index is 763. The molecule has 23 heavy (non-hydrogen) atoms. The third-order valence-corrected chi connectivity index (χ3v) is 5.23. The molecule has 2 aromatic carbocycles. The normalized spacial score (nSPS) is 10.7. The summed E-state index contributed by atoms with van der Waals surface area (Å²) in [5.74, 6) is -1.25. The van der Waals surface area contributed by atoms with Gasteiger partial charge in [-0.25, -0.2) is 9.18 Å². The van der Waals surface area contributed by atoms with Crippen molar-refractivity contribution in [1.29, 1.82) is 0 Å². The largest absolute Gasteiger partial charge is 0.462 e. The van der Waals surface area contributed by atoms with Gasteiger partial charge in [0.2, 0.25) is 0 Å². The summed E-state index contributed by atoms with van der Waals surface area (Å²) in [4.78, 5) is 12.1. The smallest absolute Gasteiger partial charge is 0.338 e. The van der Waals surface area contributed by atoms with Crippen molar-refractivity contribution in [2.24, 2.45) is 0 Å². The standard InChI is InChI=1S/C15H8Cl5FO2/c1-2-23-15(22)7-4-3-6(21)5-8(7)9-10(16)12(18)14(20)13(19)11(9)17/h3-5H,2H2,1H3. The van der Waals surface area contributed by atoms with E-state index in [1.54, 1.807) is 6.92 Å². The van der Waals surface area contributed by atoms with Crippen LogP contribution in [0.4, 0.5) is 4.39 Å². The summed E-state index contributed by atoms with van der Waals surface area (Å²) >= 11 is 30.3. The third kappa shape index (κ3) is 3.54. The van der Waals surface area contributed by atoms with Gasteiger partial charge in [0.1, 0.15) is 5.82 Å². The number of hydrogen-bond donors (Lipinski definition) is 0. The fourth-order valence-corrected chi connectivity index (χ4v) is 3.29. The van der Waals surface area contributed by atoms with Crippen molar-refractivity contribution in [3.05, 3.63) is 54.7 Å². The average Bonchev–Trinajstić information content (AvgIpc) is 2.51. The quantitative estimate of drug-likeness (QED) is 0.308. The Morgan fingerprint density at radius 1 is 1.00 bits per heavy atom. The Hall–Kier alpha value is -0.710. The molecule has 0 aromatic heterocycles. The third-order valence-electron chi connectivity index (χ3n) is 2.96. The summed E-state index contributed by atoms with van der Waals surface area (Å²) in [5.41, 5.74) is 0.292. The van der Waals surface area contributed by atoms with Gasteiger partial charge in [-0.3, -0.25) is 0 Å². The van der Waals surface area contributed by atoms with Crippen LogP contribution >= 0.6 is 58.0 Å². The number of rotatable bonds is 3. The van der Waals surface area contributed by atoms with Crippen LogP contribution in [0.25, 0.3) is 11.1 Å². The van der Waals surface area contributed by atoms with Crippen molar-refractivity contribution in [2.75, 3.05) is 6.61 Å². The molecular weight excluding hydrogens is 408 g/mol. The molecule has 0 heterocycles. The topological polar surface area (TPSA) is 26.3 Å². The maximum absolute atomic E-state index is 13.7. The van der Waals surface area contributed by atoms with Crippen LogP contribution in [0.15, 0.2) is 18.2 Å². The monoisotopic (exact) mass is 414 g/mol. The van der Waals surface area contributed by atoms with Gasteiger partial charge in [0.25, 0.3) is 0 Å². The Morgan fingerprint density at radius 2 is 1.52 bits per heavy atom. The lowest BCUT2D eigenvalue weighted by molar-refractivity contribution is 0.0527. The first-order valence-electron chi connectivity index (χ1n) is 6.28. The molecule has 0 unspecified atom stereocenters. The van der Waals surface area contributed by atoms with Crippen molar-refractivity contribution in [1.82, 2.24) is 0 Å². The van der Waals surface area contributed by atoms with Gasteiger partial charge in [-0.15, -0.1) is 0 Å². The first-order valence-corrected chi connectivity index (χ1v) is 8.17. The minimum Gasteiger partial charge on any atom is -0.462 e. The summed E-state index contributed by atoms with van der Waals surface area (Å²) in [6, 6.07) is 3.49. The van der Waals surface area contributed by atoms with Crippen LogP contribution in [0.3, 0.4) is 0 Å². The minimum absolute atomic E-state index is 0.0267. The van der Waals surface area contributed by atoms with Crippen LogP contribution < -0.4 is 0 Å². The number of hydrogen-bond acceptors (Lipinski definition) is 2. The first kappa shape index (κ1) is 18.6. The second-order valence-corrected chi connectivity index (χ2v) is 6.25. The number of carbonyl (C=O) groups excluding carboxylic acids is 1. The van der Waals surface area contributed by atoms with Gasteiger partial charge < -0.3 is 4.74 Å². The van der Waals surface area contributed by atoms with Gasteiger partial charge in [-0.2, -0.15) is 0 Å². The van der Waals surface area contributed by atoms with E-state index < -0.39 is 11.8 Å². The van der Waals surface area contributed by atoms with Gasteiger partial charge in [0.05, 0.1) is 37.3 Å². The molecule has 0 fully saturated rings. The van der Waals surface area contributed by atoms with E-state index in [9.17, 15) is 9.18 Å². The lowest BCUT2D eigenvalue weighted by atomic mass is 9.99. The molecule has 0 aliphatic heterocycles. The number of carbonyl (C=O) groups is 1. The summed E-state index contributed by atoms with van der Waals surface area (Å²) in [6.45, 7) is 1.80. The van der Waals surface area contributed by atoms with Gasteiger partial charge in [0.15, 0.2) is 0 Å². The van der Waals surface area contributed by atoms with Crippen molar-refractivity contribution < 1.29 is 13.9 Å². The van der Waals surface area contributed by atoms with E-state index in [4.69, 9.17) is 62.7 Å². The van der Waals surface area contributed by atoms with Gasteiger partial charge in [0, 0.05) is 11.1 Å². The molecule has 2 nitrogen and oxygen atoms in total. The molecule has 8 heteroatoms. The maximum atomic E-state index is 13.7. The highest BCUT2D eigenvalue weighted by molar-refractivity contribution is 6.56. The van der Waals surface area contributed by atoms with Crippen LogP contribution in [0.5, 0.6) is 0 Å². The molecule has 2 aromatic rings. The van der Waals surface area contributed by atoms with E-state index in [2.05, 4.69) is 0 Å². The van der Waals surface area contributed by atoms with Crippen LogP contribution in [0.1, 0.15) is 17.3 Å². The zero-order valence-corrected chi connectivity index (χ0v) is 15.3. The molecule has 0 spiro atoms. The highest BCUT2D eigenvalue weighted by Gasteiger charge is 2.24. The minimum atomic E-state index is -0.656. The molecule has 0 atom stereocenters. The highest BCUT2D eigenvalue weighted by atomic mass is 35.5. The van der Waals surface area contributed by atoms with Gasteiger partial charge in [-0.1, -0.05) is 58.0 Å². The molecule has 0 bridgehead atoms. The van der Waals surface area contributed by atoms with Crippen molar-refractivity contribution in [3.8, 4) is 11.1 Å². The van der Waals surface area contributed by atoms with E-state index in [0.717, 1.165) is 12.1 Å². The molecule has 0 N–H and O–H groups in total. The van der Waals surface area contributed by atoms with Crippen LogP contribution in [0.2, 0.25) is 25.1 Å². The van der Waals surface area contributed by atoms with Crippen molar-refractivity contribution >= 4 is 64.0 Å². The SMILES string of the molecule is CCOC(=O)c1ccc(F)cc1-c1c(Cl)c(Cl)c(Cl)c(Cl)c1Cl. The first-order chi connectivity index (χ1) is 10.8. The summed E-state index contributed by atoms with van der Waals surface area (Å²) in [6.07, 6.45) is 0. The van der Waals surface area contributed by atoms with E-state index in [1.165, 1.54) is 6.07 Å². The highest BCUT2D eigenvalue weighted by Crippen LogP contribution is 2.49. The van der Waals surface area contributed by atoms with Gasteiger partial charge >= 0.3 is 5.97 Å². The molecule has 0 aliphatic carbocycles. The molecule has 0 saturated heterocycles. The zero-order chi connectivity index (χ0) is 17.3. The van der Waals surface area contributed by atoms with E-state index in [0.29, 0.717) is 0 Å². The summed E-state index contributed by atoms with van der Waals surface area (Å²) in [7, 11) is 0. The summed E-state index contributed by atoms with van der Waals surface area (Å²) < 4.78 is 18.6. The molecular formula is C15H8Cl5FO2. The van der Waals surface area contributed by atoms with Crippen molar-refractivity contribution in [3.63, 3.8) is 0 Å². The molecule has 0 saturated carbocycles. The van der Waals surface area contributed by atoms with E-state index in [-0.39, 0.29) is 48.4 Å². The Kier molecular flexibility index (Phi) is 6.04. The second kappa shape index (κ2) is 7.45. The fraction of sp³-hybridized carbons (Fsp3) is 0.133. The summed E-state index contributed by atoms with van der Waals surface area (Å²) in [5, 5.41) is -0.195. The van der Waals surface area contributed by atoms with Crippen LogP contribution in [0, 0.1) is 5.82 Å². The van der Waals surface area contributed by atoms with Crippen LogP contribution in [-0.4, -0.2) is 12.6 Å². The van der Waals surface area contributed by atoms with E-state index >= 15 is 0 Å². The fourth-order valence-electron chi connectivity index (χ4n) is 1.95.